The number of anilines is 1. The van der Waals surface area contributed by atoms with Gasteiger partial charge in [-0.3, -0.25) is 9.48 Å². The smallest absolute Gasteiger partial charge is 0.277 e. The van der Waals surface area contributed by atoms with Gasteiger partial charge in [0.2, 0.25) is 0 Å². The number of hydrogen-bond acceptors (Lipinski definition) is 6. The number of carbonyl (C=O) groups is 1. The van der Waals surface area contributed by atoms with Crippen LogP contribution in [0.15, 0.2) is 61.1 Å². The molecule has 162 valence electrons. The normalized spacial score (nSPS) is 10.9. The number of rotatable bonds is 5. The zero-order valence-corrected chi connectivity index (χ0v) is 18.0. The van der Waals surface area contributed by atoms with Crippen LogP contribution in [0.4, 0.5) is 5.82 Å². The number of fused-ring (bicyclic) bond motifs is 1. The molecule has 33 heavy (non-hydrogen) atoms. The zero-order valence-electron chi connectivity index (χ0n) is 18.0. The van der Waals surface area contributed by atoms with Crippen molar-refractivity contribution in [2.24, 2.45) is 0 Å². The molecule has 1 N–H and O–H groups in total. The maximum absolute atomic E-state index is 13.1. The SMILES string of the molecule is CCn1ncc(-c2ccnc3cc(C(=O)Nc4c(C#N)cnn4-c4ccccc4)nn23)c1C. The lowest BCUT2D eigenvalue weighted by molar-refractivity contribution is 0.102. The van der Waals surface area contributed by atoms with Gasteiger partial charge in [-0.05, 0) is 32.0 Å². The number of nitrogens with zero attached hydrogens (tertiary/aromatic N) is 8. The fourth-order valence-corrected chi connectivity index (χ4v) is 3.71. The van der Waals surface area contributed by atoms with Crippen molar-refractivity contribution in [3.63, 3.8) is 0 Å². The molecule has 1 aromatic carbocycles. The molecule has 0 spiro atoms. The van der Waals surface area contributed by atoms with E-state index in [4.69, 9.17) is 0 Å². The summed E-state index contributed by atoms with van der Waals surface area (Å²) in [5.41, 5.74) is 4.35. The molecule has 0 bridgehead atoms. The lowest BCUT2D eigenvalue weighted by Gasteiger charge is -2.08. The molecule has 0 aliphatic rings. The molecule has 0 aliphatic heterocycles. The fourth-order valence-electron chi connectivity index (χ4n) is 3.71. The van der Waals surface area contributed by atoms with E-state index >= 15 is 0 Å². The minimum atomic E-state index is -0.471. The molecule has 0 aliphatic carbocycles. The second-order valence-electron chi connectivity index (χ2n) is 7.31. The Morgan fingerprint density at radius 3 is 2.70 bits per heavy atom. The first-order valence-electron chi connectivity index (χ1n) is 10.3. The minimum absolute atomic E-state index is 0.167. The Kier molecular flexibility index (Phi) is 4.91. The van der Waals surface area contributed by atoms with Crippen LogP contribution in [0.3, 0.4) is 0 Å². The van der Waals surface area contributed by atoms with Crippen LogP contribution in [0.25, 0.3) is 22.6 Å². The first-order valence-corrected chi connectivity index (χ1v) is 10.3. The minimum Gasteiger partial charge on any atom is -0.304 e. The highest BCUT2D eigenvalue weighted by Crippen LogP contribution is 2.24. The Bertz CT molecular complexity index is 1520. The quantitative estimate of drug-likeness (QED) is 0.451. The van der Waals surface area contributed by atoms with Gasteiger partial charge >= 0.3 is 0 Å². The summed E-state index contributed by atoms with van der Waals surface area (Å²) in [5.74, 6) is -0.194. The Morgan fingerprint density at radius 2 is 1.97 bits per heavy atom. The van der Waals surface area contributed by atoms with E-state index in [0.29, 0.717) is 5.65 Å². The molecule has 0 radical (unpaired) electrons. The van der Waals surface area contributed by atoms with Crippen molar-refractivity contribution in [2.75, 3.05) is 5.32 Å². The lowest BCUT2D eigenvalue weighted by atomic mass is 10.2. The molecule has 10 nitrogen and oxygen atoms in total. The van der Waals surface area contributed by atoms with E-state index in [1.807, 2.05) is 54.9 Å². The van der Waals surface area contributed by atoms with Crippen LogP contribution >= 0.6 is 0 Å². The highest BCUT2D eigenvalue weighted by atomic mass is 16.2. The predicted molar refractivity (Wildman–Crippen MR) is 121 cm³/mol. The average Bonchev–Trinajstić information content (AvgIpc) is 3.55. The molecule has 5 aromatic rings. The molecular weight excluding hydrogens is 418 g/mol. The summed E-state index contributed by atoms with van der Waals surface area (Å²) < 4.78 is 5.03. The van der Waals surface area contributed by atoms with E-state index in [0.717, 1.165) is 29.2 Å². The molecule has 0 saturated carbocycles. The van der Waals surface area contributed by atoms with Gasteiger partial charge in [0.05, 0.1) is 23.8 Å². The Labute approximate surface area is 188 Å². The van der Waals surface area contributed by atoms with Gasteiger partial charge in [-0.15, -0.1) is 0 Å². The second-order valence-corrected chi connectivity index (χ2v) is 7.31. The fraction of sp³-hybridized carbons (Fsp3) is 0.130. The van der Waals surface area contributed by atoms with E-state index in [2.05, 4.69) is 31.7 Å². The number of aryl methyl sites for hydroxylation is 1. The maximum Gasteiger partial charge on any atom is 0.277 e. The number of nitrogens with one attached hydrogen (secondary N) is 1. The largest absolute Gasteiger partial charge is 0.304 e. The molecule has 4 heterocycles. The summed E-state index contributed by atoms with van der Waals surface area (Å²) in [6, 6.07) is 14.8. The van der Waals surface area contributed by atoms with Gasteiger partial charge in [0.25, 0.3) is 5.91 Å². The van der Waals surface area contributed by atoms with E-state index < -0.39 is 5.91 Å². The average molecular weight is 437 g/mol. The number of carbonyl (C=O) groups excluding carboxylic acids is 1. The van der Waals surface area contributed by atoms with Crippen LogP contribution in [0.5, 0.6) is 0 Å². The van der Waals surface area contributed by atoms with Crippen molar-refractivity contribution in [1.82, 2.24) is 34.2 Å². The van der Waals surface area contributed by atoms with Gasteiger partial charge in [-0.2, -0.15) is 20.6 Å². The number of nitriles is 1. The number of para-hydroxylation sites is 1. The molecule has 0 atom stereocenters. The summed E-state index contributed by atoms with van der Waals surface area (Å²) in [4.78, 5) is 17.5. The third-order valence-electron chi connectivity index (χ3n) is 5.39. The molecule has 1 amide bonds. The molecule has 0 unspecified atom stereocenters. The lowest BCUT2D eigenvalue weighted by Crippen LogP contribution is -2.16. The van der Waals surface area contributed by atoms with E-state index in [1.54, 1.807) is 23.0 Å². The van der Waals surface area contributed by atoms with Crippen molar-refractivity contribution in [1.29, 1.82) is 5.26 Å². The van der Waals surface area contributed by atoms with Crippen molar-refractivity contribution >= 4 is 17.4 Å². The maximum atomic E-state index is 13.1. The Morgan fingerprint density at radius 1 is 1.15 bits per heavy atom. The summed E-state index contributed by atoms with van der Waals surface area (Å²) in [6.45, 7) is 4.77. The van der Waals surface area contributed by atoms with Crippen LogP contribution in [-0.2, 0) is 6.54 Å². The van der Waals surface area contributed by atoms with Gasteiger partial charge < -0.3 is 5.32 Å². The topological polar surface area (TPSA) is 119 Å². The number of hydrogen-bond donors (Lipinski definition) is 1. The van der Waals surface area contributed by atoms with Crippen LogP contribution in [0.1, 0.15) is 28.7 Å². The van der Waals surface area contributed by atoms with Crippen LogP contribution in [-0.4, -0.2) is 40.1 Å². The monoisotopic (exact) mass is 437 g/mol. The predicted octanol–water partition coefficient (Wildman–Crippen LogP) is 3.23. The summed E-state index contributed by atoms with van der Waals surface area (Å²) in [5, 5.41) is 25.4. The van der Waals surface area contributed by atoms with Gasteiger partial charge in [0, 0.05) is 30.1 Å². The van der Waals surface area contributed by atoms with Gasteiger partial charge in [0.15, 0.2) is 17.2 Å². The van der Waals surface area contributed by atoms with Crippen molar-refractivity contribution in [3.05, 3.63) is 78.0 Å². The summed E-state index contributed by atoms with van der Waals surface area (Å²) >= 11 is 0. The number of amides is 1. The van der Waals surface area contributed by atoms with Crippen LogP contribution in [0, 0.1) is 18.3 Å². The van der Waals surface area contributed by atoms with Crippen LogP contribution in [0.2, 0.25) is 0 Å². The van der Waals surface area contributed by atoms with E-state index in [9.17, 15) is 10.1 Å². The Hall–Kier alpha value is -4.78. The second kappa shape index (κ2) is 8.05. The van der Waals surface area contributed by atoms with Gasteiger partial charge in [-0.1, -0.05) is 18.2 Å². The molecule has 5 rings (SSSR count). The first kappa shape index (κ1) is 20.1. The zero-order chi connectivity index (χ0) is 22.9. The third-order valence-corrected chi connectivity index (χ3v) is 5.39. The number of aromatic nitrogens is 7. The standard InChI is InChI=1S/C23H19N9O/c1-3-30-15(2)18(14-26-30)20-9-10-25-21-11-19(29-32(20)21)23(33)28-22-16(12-24)13-27-31(22)17-7-5-4-6-8-17/h4-11,13-14H,3H2,1-2H3,(H,28,33). The van der Waals surface area contributed by atoms with Crippen LogP contribution < -0.4 is 5.32 Å². The van der Waals surface area contributed by atoms with Crippen molar-refractivity contribution in [2.45, 2.75) is 20.4 Å². The third kappa shape index (κ3) is 3.41. The summed E-state index contributed by atoms with van der Waals surface area (Å²) in [6.07, 6.45) is 4.88. The first-order chi connectivity index (χ1) is 16.1. The number of benzene rings is 1. The molecular formula is C23H19N9O. The molecule has 10 heteroatoms. The molecule has 4 aromatic heterocycles. The van der Waals surface area contributed by atoms with Crippen molar-refractivity contribution < 1.29 is 4.79 Å². The molecule has 0 fully saturated rings. The van der Waals surface area contributed by atoms with E-state index in [-0.39, 0.29) is 17.1 Å². The highest BCUT2D eigenvalue weighted by Gasteiger charge is 2.20. The highest BCUT2D eigenvalue weighted by molar-refractivity contribution is 6.03. The van der Waals surface area contributed by atoms with E-state index in [1.165, 1.54) is 10.9 Å². The van der Waals surface area contributed by atoms with Gasteiger partial charge in [-0.25, -0.2) is 14.2 Å². The van der Waals surface area contributed by atoms with Crippen molar-refractivity contribution in [3.8, 4) is 23.0 Å². The Balaban J connectivity index is 1.53. The molecule has 0 saturated heterocycles. The van der Waals surface area contributed by atoms with Gasteiger partial charge in [0.1, 0.15) is 11.6 Å². The summed E-state index contributed by atoms with van der Waals surface area (Å²) in [7, 11) is 0.